The maximum atomic E-state index is 9.52. The molecule has 1 aromatic carbocycles. The lowest BCUT2D eigenvalue weighted by Gasteiger charge is -2.08. The maximum Gasteiger partial charge on any atom is 0.128 e. The second-order valence-electron chi connectivity index (χ2n) is 3.26. The highest BCUT2D eigenvalue weighted by Crippen LogP contribution is 2.28. The molecule has 0 saturated carbocycles. The summed E-state index contributed by atoms with van der Waals surface area (Å²) in [6.07, 6.45) is 0. The number of hydrogen-bond acceptors (Lipinski definition) is 6. The minimum atomic E-state index is -0.220. The van der Waals surface area contributed by atoms with Gasteiger partial charge in [0.1, 0.15) is 11.5 Å². The average Bonchev–Trinajstić information content (AvgIpc) is 2.27. The van der Waals surface area contributed by atoms with E-state index in [1.807, 2.05) is 0 Å². The molecule has 0 aliphatic heterocycles. The van der Waals surface area contributed by atoms with Gasteiger partial charge < -0.3 is 20.6 Å². The zero-order chi connectivity index (χ0) is 12.3. The number of rotatable bonds is 2. The van der Waals surface area contributed by atoms with Crippen LogP contribution in [0.25, 0.3) is 0 Å². The van der Waals surface area contributed by atoms with E-state index >= 15 is 0 Å². The highest BCUT2D eigenvalue weighted by atomic mass is 16.4. The van der Waals surface area contributed by atoms with E-state index < -0.39 is 0 Å². The van der Waals surface area contributed by atoms with Crippen LogP contribution in [0.4, 0.5) is 0 Å². The third-order valence-electron chi connectivity index (χ3n) is 2.19. The topological polar surface area (TPSA) is 106 Å². The van der Waals surface area contributed by atoms with Crippen molar-refractivity contribution in [2.45, 2.75) is 13.8 Å². The molecule has 0 atom stereocenters. The first kappa shape index (κ1) is 11.8. The first-order valence-corrected chi connectivity index (χ1v) is 4.45. The van der Waals surface area contributed by atoms with E-state index in [1.54, 1.807) is 0 Å². The highest BCUT2D eigenvalue weighted by Gasteiger charge is 2.13. The molecule has 6 heteroatoms. The standard InChI is InChI=1S/C10H12N2O4/c1-5(11-15)7-3-8(6(2)12-16)10(14)4-9(7)13/h3-4,13-16H,1-2H3. The van der Waals surface area contributed by atoms with Gasteiger partial charge in [-0.2, -0.15) is 0 Å². The van der Waals surface area contributed by atoms with Gasteiger partial charge in [-0.15, -0.1) is 0 Å². The first-order valence-electron chi connectivity index (χ1n) is 4.45. The molecule has 16 heavy (non-hydrogen) atoms. The minimum absolute atomic E-state index is 0.185. The molecule has 0 saturated heterocycles. The Labute approximate surface area is 91.8 Å². The number of nitrogens with zero attached hydrogens (tertiary/aromatic N) is 2. The van der Waals surface area contributed by atoms with Crippen molar-refractivity contribution in [3.8, 4) is 11.5 Å². The van der Waals surface area contributed by atoms with Crippen LogP contribution in [0, 0.1) is 0 Å². The Morgan fingerprint density at radius 3 is 1.56 bits per heavy atom. The molecular formula is C10H12N2O4. The van der Waals surface area contributed by atoms with Crippen molar-refractivity contribution >= 4 is 11.4 Å². The van der Waals surface area contributed by atoms with Gasteiger partial charge in [0.15, 0.2) is 0 Å². The Hall–Kier alpha value is -2.24. The summed E-state index contributed by atoms with van der Waals surface area (Å²) >= 11 is 0. The van der Waals surface area contributed by atoms with Crippen LogP contribution in [0.2, 0.25) is 0 Å². The Balaban J connectivity index is 3.44. The summed E-state index contributed by atoms with van der Waals surface area (Å²) in [5.41, 5.74) is 0.866. The predicted molar refractivity (Wildman–Crippen MR) is 57.8 cm³/mol. The molecule has 0 aliphatic rings. The number of hydrogen-bond donors (Lipinski definition) is 4. The SMILES string of the molecule is CC(=NO)c1cc(C(C)=NO)c(O)cc1O. The molecule has 0 aliphatic carbocycles. The van der Waals surface area contributed by atoms with E-state index in [9.17, 15) is 10.2 Å². The minimum Gasteiger partial charge on any atom is -0.507 e. The predicted octanol–water partition coefficient (Wildman–Crippen LogP) is 1.49. The molecule has 0 aromatic heterocycles. The number of aromatic hydroxyl groups is 2. The molecule has 6 nitrogen and oxygen atoms in total. The van der Waals surface area contributed by atoms with Crippen LogP contribution in [0.3, 0.4) is 0 Å². The van der Waals surface area contributed by atoms with Crippen LogP contribution in [-0.4, -0.2) is 32.1 Å². The van der Waals surface area contributed by atoms with Gasteiger partial charge >= 0.3 is 0 Å². The van der Waals surface area contributed by atoms with Crippen LogP contribution < -0.4 is 0 Å². The summed E-state index contributed by atoms with van der Waals surface area (Å²) in [6, 6.07) is 2.46. The quantitative estimate of drug-likeness (QED) is 0.347. The highest BCUT2D eigenvalue weighted by molar-refractivity contribution is 6.06. The molecule has 0 radical (unpaired) electrons. The molecule has 1 rings (SSSR count). The summed E-state index contributed by atoms with van der Waals surface area (Å²) in [7, 11) is 0. The molecule has 0 fully saturated rings. The number of phenolic OH excluding ortho intramolecular Hbond substituents is 2. The fourth-order valence-electron chi connectivity index (χ4n) is 1.26. The Morgan fingerprint density at radius 1 is 0.875 bits per heavy atom. The lowest BCUT2D eigenvalue weighted by molar-refractivity contribution is 0.318. The third kappa shape index (κ3) is 2.05. The van der Waals surface area contributed by atoms with Crippen molar-refractivity contribution in [3.05, 3.63) is 23.3 Å². The number of phenols is 2. The zero-order valence-electron chi connectivity index (χ0n) is 8.84. The van der Waals surface area contributed by atoms with Crippen molar-refractivity contribution in [1.82, 2.24) is 0 Å². The van der Waals surface area contributed by atoms with E-state index in [-0.39, 0.29) is 34.0 Å². The van der Waals surface area contributed by atoms with Crippen LogP contribution >= 0.6 is 0 Å². The van der Waals surface area contributed by atoms with Crippen molar-refractivity contribution in [3.63, 3.8) is 0 Å². The zero-order valence-corrected chi connectivity index (χ0v) is 8.84. The van der Waals surface area contributed by atoms with Gasteiger partial charge in [-0.05, 0) is 19.9 Å². The smallest absolute Gasteiger partial charge is 0.128 e. The van der Waals surface area contributed by atoms with Crippen LogP contribution in [-0.2, 0) is 0 Å². The lowest BCUT2D eigenvalue weighted by atomic mass is 10.0. The van der Waals surface area contributed by atoms with E-state index in [2.05, 4.69) is 10.3 Å². The molecule has 0 amide bonds. The van der Waals surface area contributed by atoms with E-state index in [0.717, 1.165) is 6.07 Å². The van der Waals surface area contributed by atoms with E-state index in [1.165, 1.54) is 19.9 Å². The fourth-order valence-corrected chi connectivity index (χ4v) is 1.26. The van der Waals surface area contributed by atoms with Crippen LogP contribution in [0.5, 0.6) is 11.5 Å². The van der Waals surface area contributed by atoms with Crippen molar-refractivity contribution < 1.29 is 20.6 Å². The van der Waals surface area contributed by atoms with Gasteiger partial charge in [-0.25, -0.2) is 0 Å². The number of oxime groups is 2. The first-order chi connectivity index (χ1) is 7.51. The molecule has 0 unspecified atom stereocenters. The number of benzene rings is 1. The van der Waals surface area contributed by atoms with Gasteiger partial charge in [0, 0.05) is 17.2 Å². The normalized spacial score (nSPS) is 12.9. The van der Waals surface area contributed by atoms with Crippen molar-refractivity contribution in [2.24, 2.45) is 10.3 Å². The van der Waals surface area contributed by atoms with Gasteiger partial charge in [0.25, 0.3) is 0 Å². The molecule has 0 heterocycles. The Bertz CT molecular complexity index is 427. The summed E-state index contributed by atoms with van der Waals surface area (Å²) in [5.74, 6) is -0.440. The summed E-state index contributed by atoms with van der Waals surface area (Å²) in [5, 5.41) is 42.1. The molecular weight excluding hydrogens is 212 g/mol. The van der Waals surface area contributed by atoms with Gasteiger partial charge in [-0.3, -0.25) is 0 Å². The summed E-state index contributed by atoms with van der Waals surface area (Å²) in [4.78, 5) is 0. The summed E-state index contributed by atoms with van der Waals surface area (Å²) < 4.78 is 0. The van der Waals surface area contributed by atoms with Gasteiger partial charge in [0.05, 0.1) is 11.4 Å². The largest absolute Gasteiger partial charge is 0.507 e. The average molecular weight is 224 g/mol. The molecule has 1 aromatic rings. The van der Waals surface area contributed by atoms with E-state index in [4.69, 9.17) is 10.4 Å². The second-order valence-corrected chi connectivity index (χ2v) is 3.26. The van der Waals surface area contributed by atoms with Gasteiger partial charge in [0.2, 0.25) is 0 Å². The fraction of sp³-hybridized carbons (Fsp3) is 0.200. The summed E-state index contributed by atoms with van der Waals surface area (Å²) in [6.45, 7) is 2.97. The molecule has 86 valence electrons. The second kappa shape index (κ2) is 4.52. The van der Waals surface area contributed by atoms with Crippen molar-refractivity contribution in [1.29, 1.82) is 0 Å². The lowest BCUT2D eigenvalue weighted by Crippen LogP contribution is -2.01. The monoisotopic (exact) mass is 224 g/mol. The van der Waals surface area contributed by atoms with E-state index in [0.29, 0.717) is 0 Å². The molecule has 0 bridgehead atoms. The molecule has 0 spiro atoms. The van der Waals surface area contributed by atoms with Gasteiger partial charge in [-0.1, -0.05) is 10.3 Å². The third-order valence-corrected chi connectivity index (χ3v) is 2.19. The Morgan fingerprint density at radius 2 is 1.25 bits per heavy atom. The van der Waals surface area contributed by atoms with Crippen LogP contribution in [0.1, 0.15) is 25.0 Å². The maximum absolute atomic E-state index is 9.52. The molecule has 4 N–H and O–H groups in total. The Kier molecular flexibility index (Phi) is 3.34. The van der Waals surface area contributed by atoms with Crippen LogP contribution in [0.15, 0.2) is 22.4 Å². The van der Waals surface area contributed by atoms with Crippen molar-refractivity contribution in [2.75, 3.05) is 0 Å².